The highest BCUT2D eigenvalue weighted by Gasteiger charge is 2.42. The van der Waals surface area contributed by atoms with Crippen LogP contribution < -0.4 is 0 Å². The van der Waals surface area contributed by atoms with Crippen molar-refractivity contribution in [2.24, 2.45) is 0 Å². The zero-order valence-electron chi connectivity index (χ0n) is 11.2. The fraction of sp³-hybridized carbons (Fsp3) is 0.500. The van der Waals surface area contributed by atoms with Gasteiger partial charge in [0.2, 0.25) is 0 Å². The van der Waals surface area contributed by atoms with Crippen molar-refractivity contribution in [3.8, 4) is 0 Å². The molecule has 0 unspecified atom stereocenters. The van der Waals surface area contributed by atoms with Gasteiger partial charge in [-0.05, 0) is 51.8 Å². The van der Waals surface area contributed by atoms with E-state index in [0.29, 0.717) is 6.42 Å². The van der Waals surface area contributed by atoms with Gasteiger partial charge in [-0.3, -0.25) is 4.79 Å². The molecular weight excluding hydrogens is 246 g/mol. The van der Waals surface area contributed by atoms with Gasteiger partial charge in [-0.1, -0.05) is 6.08 Å². The quantitative estimate of drug-likeness (QED) is 0.766. The molecule has 1 aliphatic rings. The summed E-state index contributed by atoms with van der Waals surface area (Å²) in [6.07, 6.45) is 3.60. The van der Waals surface area contributed by atoms with E-state index >= 15 is 0 Å². The van der Waals surface area contributed by atoms with Gasteiger partial charge in [-0.25, -0.2) is 0 Å². The van der Waals surface area contributed by atoms with Crippen molar-refractivity contribution in [2.75, 3.05) is 0 Å². The fourth-order valence-electron chi connectivity index (χ4n) is 2.60. The molecule has 0 spiro atoms. The van der Waals surface area contributed by atoms with Crippen LogP contribution in [0.1, 0.15) is 48.7 Å². The van der Waals surface area contributed by atoms with Crippen LogP contribution in [0.25, 0.3) is 5.57 Å². The van der Waals surface area contributed by atoms with Crippen molar-refractivity contribution in [1.82, 2.24) is 5.06 Å². The number of carbonyl (C=O) groups excluding carboxylic acids is 1. The first-order valence-electron chi connectivity index (χ1n) is 6.01. The Morgan fingerprint density at radius 1 is 1.28 bits per heavy atom. The number of hydrogen-bond donors (Lipinski definition) is 0. The number of thiophene rings is 1. The molecule has 1 aliphatic heterocycles. The summed E-state index contributed by atoms with van der Waals surface area (Å²) in [7, 11) is 0. The molecule has 0 saturated heterocycles. The van der Waals surface area contributed by atoms with Gasteiger partial charge < -0.3 is 0 Å². The van der Waals surface area contributed by atoms with Gasteiger partial charge in [0.1, 0.15) is 0 Å². The molecule has 0 aliphatic carbocycles. The maximum atomic E-state index is 12.2. The highest BCUT2D eigenvalue weighted by molar-refractivity contribution is 7.14. The number of carbonyl (C=O) groups is 1. The summed E-state index contributed by atoms with van der Waals surface area (Å²) in [6.45, 7) is 7.77. The second-order valence-corrected chi connectivity index (χ2v) is 7.04. The third-order valence-electron chi connectivity index (χ3n) is 3.28. The molecule has 1 aromatic rings. The van der Waals surface area contributed by atoms with Crippen LogP contribution in [0.5, 0.6) is 0 Å². The van der Waals surface area contributed by atoms with E-state index in [4.69, 9.17) is 0 Å². The van der Waals surface area contributed by atoms with Crippen LogP contribution >= 0.6 is 11.3 Å². The third-order valence-corrected chi connectivity index (χ3v) is 4.37. The first kappa shape index (κ1) is 13.5. The van der Waals surface area contributed by atoms with Crippen molar-refractivity contribution in [3.63, 3.8) is 0 Å². The second-order valence-electron chi connectivity index (χ2n) is 5.93. The molecule has 3 nitrogen and oxygen atoms in total. The predicted octanol–water partition coefficient (Wildman–Crippen LogP) is 3.55. The van der Waals surface area contributed by atoms with Gasteiger partial charge in [0, 0.05) is 10.4 Å². The molecule has 1 radical (unpaired) electrons. The van der Waals surface area contributed by atoms with E-state index in [-0.39, 0.29) is 0 Å². The topological polar surface area (TPSA) is 40.2 Å². The average Bonchev–Trinajstić information content (AvgIpc) is 2.73. The minimum absolute atomic E-state index is 0.418. The molecule has 0 N–H and O–H groups in total. The highest BCUT2D eigenvalue weighted by Crippen LogP contribution is 2.41. The molecule has 0 amide bonds. The smallest absolute Gasteiger partial charge is 0.160 e. The van der Waals surface area contributed by atoms with Gasteiger partial charge in [0.15, 0.2) is 6.29 Å². The average molecular weight is 264 g/mol. The Hall–Kier alpha value is -0.970. The van der Waals surface area contributed by atoms with Crippen LogP contribution in [-0.2, 0) is 5.21 Å². The SMILES string of the molecule is CC1(C)C=C(c2ccc(C=O)s2)CC(C)(C)N1[O]. The minimum atomic E-state index is -0.511. The summed E-state index contributed by atoms with van der Waals surface area (Å²) in [5, 5.41) is 13.4. The summed E-state index contributed by atoms with van der Waals surface area (Å²) in [6, 6.07) is 3.80. The second kappa shape index (κ2) is 4.30. The predicted molar refractivity (Wildman–Crippen MR) is 73.0 cm³/mol. The van der Waals surface area contributed by atoms with Crippen LogP contribution in [0.2, 0.25) is 0 Å². The largest absolute Gasteiger partial charge is 0.297 e. The summed E-state index contributed by atoms with van der Waals surface area (Å²) in [4.78, 5) is 12.6. The van der Waals surface area contributed by atoms with Crippen molar-refractivity contribution in [3.05, 3.63) is 28.0 Å². The molecule has 18 heavy (non-hydrogen) atoms. The molecule has 4 heteroatoms. The Bertz CT molecular complexity index is 500. The maximum Gasteiger partial charge on any atom is 0.160 e. The molecule has 0 saturated carbocycles. The van der Waals surface area contributed by atoms with Gasteiger partial charge in [0.05, 0.1) is 10.4 Å². The fourth-order valence-corrected chi connectivity index (χ4v) is 3.44. The van der Waals surface area contributed by atoms with E-state index in [1.165, 1.54) is 11.3 Å². The first-order chi connectivity index (χ1) is 8.26. The molecule has 0 bridgehead atoms. The number of hydrogen-bond acceptors (Lipinski definition) is 3. The Balaban J connectivity index is 2.42. The molecule has 2 heterocycles. The Morgan fingerprint density at radius 2 is 1.94 bits per heavy atom. The zero-order valence-corrected chi connectivity index (χ0v) is 12.0. The highest BCUT2D eigenvalue weighted by atomic mass is 32.1. The molecule has 1 aromatic heterocycles. The van der Waals surface area contributed by atoms with Crippen LogP contribution in [0.4, 0.5) is 0 Å². The molecule has 0 fully saturated rings. The van der Waals surface area contributed by atoms with Crippen LogP contribution in [0, 0.1) is 0 Å². The van der Waals surface area contributed by atoms with E-state index in [0.717, 1.165) is 26.7 Å². The van der Waals surface area contributed by atoms with Gasteiger partial charge in [-0.2, -0.15) is 0 Å². The number of nitrogens with zero attached hydrogens (tertiary/aromatic N) is 1. The lowest BCUT2D eigenvalue weighted by Gasteiger charge is -2.45. The third kappa shape index (κ3) is 2.28. The number of aldehydes is 1. The molecule has 0 atom stereocenters. The lowest BCUT2D eigenvalue weighted by molar-refractivity contribution is -0.260. The van der Waals surface area contributed by atoms with Gasteiger partial charge in [-0.15, -0.1) is 21.6 Å². The summed E-state index contributed by atoms with van der Waals surface area (Å²) in [5.41, 5.74) is 0.233. The molecular formula is C14H18NO2S. The van der Waals surface area contributed by atoms with E-state index in [2.05, 4.69) is 0 Å². The van der Waals surface area contributed by atoms with Crippen molar-refractivity contribution >= 4 is 23.2 Å². The number of rotatable bonds is 2. The molecule has 2 rings (SSSR count). The van der Waals surface area contributed by atoms with Crippen LogP contribution in [0.3, 0.4) is 0 Å². The lowest BCUT2D eigenvalue weighted by Crippen LogP contribution is -2.54. The van der Waals surface area contributed by atoms with Crippen molar-refractivity contribution < 1.29 is 10.0 Å². The molecule has 0 aromatic carbocycles. The van der Waals surface area contributed by atoms with Crippen LogP contribution in [-0.4, -0.2) is 22.4 Å². The van der Waals surface area contributed by atoms with E-state index in [9.17, 15) is 10.0 Å². The summed E-state index contributed by atoms with van der Waals surface area (Å²) >= 11 is 1.49. The van der Waals surface area contributed by atoms with E-state index < -0.39 is 11.1 Å². The summed E-state index contributed by atoms with van der Waals surface area (Å²) in [5.74, 6) is 0. The zero-order chi connectivity index (χ0) is 13.6. The van der Waals surface area contributed by atoms with E-state index in [1.54, 1.807) is 0 Å². The Kier molecular flexibility index (Phi) is 3.21. The van der Waals surface area contributed by atoms with Crippen LogP contribution in [0.15, 0.2) is 18.2 Å². The first-order valence-corrected chi connectivity index (χ1v) is 6.82. The monoisotopic (exact) mass is 264 g/mol. The Morgan fingerprint density at radius 3 is 2.44 bits per heavy atom. The Labute approximate surface area is 112 Å². The van der Waals surface area contributed by atoms with Gasteiger partial charge in [0.25, 0.3) is 0 Å². The minimum Gasteiger partial charge on any atom is -0.297 e. The maximum absolute atomic E-state index is 12.2. The normalized spacial score (nSPS) is 22.6. The number of hydroxylamine groups is 2. The molecule has 97 valence electrons. The van der Waals surface area contributed by atoms with Crippen molar-refractivity contribution in [2.45, 2.75) is 45.2 Å². The van der Waals surface area contributed by atoms with Gasteiger partial charge >= 0.3 is 0 Å². The standard InChI is InChI=1S/C14H18NO2S/c1-13(2)7-10(8-14(3,4)15(13)17)12-6-5-11(9-16)18-12/h5-7,9H,8H2,1-4H3. The van der Waals surface area contributed by atoms with E-state index in [1.807, 2.05) is 45.9 Å². The van der Waals surface area contributed by atoms with Crippen molar-refractivity contribution in [1.29, 1.82) is 0 Å². The summed E-state index contributed by atoms with van der Waals surface area (Å²) < 4.78 is 0. The lowest BCUT2D eigenvalue weighted by atomic mass is 9.82.